The van der Waals surface area contributed by atoms with Crippen molar-refractivity contribution in [2.75, 3.05) is 12.1 Å². The predicted molar refractivity (Wildman–Crippen MR) is 88.5 cm³/mol. The second-order valence-corrected chi connectivity index (χ2v) is 6.51. The highest BCUT2D eigenvalue weighted by Crippen LogP contribution is 2.46. The summed E-state index contributed by atoms with van der Waals surface area (Å²) in [6.45, 7) is 3.29. The molecule has 0 radical (unpaired) electrons. The van der Waals surface area contributed by atoms with Crippen LogP contribution in [0.1, 0.15) is 24.5 Å². The molecule has 126 valence electrons. The van der Waals surface area contributed by atoms with Gasteiger partial charge in [0.25, 0.3) is 5.60 Å². The van der Waals surface area contributed by atoms with E-state index in [0.29, 0.717) is 11.3 Å². The minimum Gasteiger partial charge on any atom is -0.374 e. The van der Waals surface area contributed by atoms with E-state index in [9.17, 15) is 13.2 Å². The summed E-state index contributed by atoms with van der Waals surface area (Å²) in [7, 11) is 0. The lowest BCUT2D eigenvalue weighted by Crippen LogP contribution is -2.46. The molecule has 0 bridgehead atoms. The Hall–Kier alpha value is -1.14. The smallest absolute Gasteiger partial charge is 0.374 e. The van der Waals surface area contributed by atoms with Crippen LogP contribution < -0.4 is 0 Å². The molecule has 0 aliphatic carbocycles. The second-order valence-electron chi connectivity index (χ2n) is 5.36. The molecule has 1 aliphatic heterocycles. The third-order valence-electron chi connectivity index (χ3n) is 3.93. The number of halogens is 4. The molecule has 2 rings (SSSR count). The number of allylic oxidation sites excluding steroid dienone is 1. The maximum Gasteiger partial charge on any atom is 0.435 e. The highest BCUT2D eigenvalue weighted by Gasteiger charge is 2.62. The summed E-state index contributed by atoms with van der Waals surface area (Å²) in [6.07, 6.45) is -1.66. The van der Waals surface area contributed by atoms with Gasteiger partial charge in [-0.2, -0.15) is 13.2 Å². The van der Waals surface area contributed by atoms with Gasteiger partial charge in [0.1, 0.15) is 0 Å². The summed E-state index contributed by atoms with van der Waals surface area (Å²) < 4.78 is 40.8. The molecule has 23 heavy (non-hydrogen) atoms. The first-order valence-corrected chi connectivity index (χ1v) is 8.71. The fourth-order valence-electron chi connectivity index (χ4n) is 2.51. The van der Waals surface area contributed by atoms with E-state index in [4.69, 9.17) is 16.4 Å². The fraction of sp³-hybridized carbons (Fsp3) is 0.438. The van der Waals surface area contributed by atoms with Crippen molar-refractivity contribution in [3.63, 3.8) is 0 Å². The predicted octanol–water partition coefficient (Wildman–Crippen LogP) is 5.33. The lowest BCUT2D eigenvalue weighted by atomic mass is 9.87. The standard InChI is InChI=1S/C16H17ClF3NOS/c1-10-8-12(4-5-14(10)23-3)13-9-15(22-21-13,16(18,19)20)11(2)6-7-17/h4-6,8H,7,9H2,1-3H3. The monoisotopic (exact) mass is 363 g/mol. The Morgan fingerprint density at radius 3 is 2.70 bits per heavy atom. The van der Waals surface area contributed by atoms with Crippen LogP contribution in [0.2, 0.25) is 0 Å². The molecule has 0 spiro atoms. The Morgan fingerprint density at radius 1 is 1.48 bits per heavy atom. The van der Waals surface area contributed by atoms with Gasteiger partial charge in [-0.3, -0.25) is 0 Å². The lowest BCUT2D eigenvalue weighted by Gasteiger charge is -2.30. The number of rotatable bonds is 4. The van der Waals surface area contributed by atoms with Gasteiger partial charge in [0.15, 0.2) is 0 Å². The van der Waals surface area contributed by atoms with E-state index < -0.39 is 11.8 Å². The Morgan fingerprint density at radius 2 is 2.17 bits per heavy atom. The molecule has 1 atom stereocenters. The van der Waals surface area contributed by atoms with E-state index in [0.717, 1.165) is 10.5 Å². The first kappa shape index (κ1) is 18.2. The van der Waals surface area contributed by atoms with Gasteiger partial charge in [-0.1, -0.05) is 17.3 Å². The van der Waals surface area contributed by atoms with Gasteiger partial charge in [-0.15, -0.1) is 23.4 Å². The van der Waals surface area contributed by atoms with Crippen LogP contribution >= 0.6 is 23.4 Å². The number of aryl methyl sites for hydroxylation is 1. The van der Waals surface area contributed by atoms with Gasteiger partial charge < -0.3 is 4.84 Å². The van der Waals surface area contributed by atoms with Gasteiger partial charge in [-0.05, 0) is 48.9 Å². The average Bonchev–Trinajstić information content (AvgIpc) is 2.93. The minimum absolute atomic E-state index is 0.0100. The van der Waals surface area contributed by atoms with Crippen LogP contribution in [0.3, 0.4) is 0 Å². The Balaban J connectivity index is 2.36. The van der Waals surface area contributed by atoms with Crippen molar-refractivity contribution >= 4 is 29.1 Å². The van der Waals surface area contributed by atoms with Crippen molar-refractivity contribution in [3.8, 4) is 0 Å². The van der Waals surface area contributed by atoms with Gasteiger partial charge in [-0.25, -0.2) is 0 Å². The fourth-order valence-corrected chi connectivity index (χ4v) is 3.33. The number of hydrogen-bond donors (Lipinski definition) is 0. The molecular formula is C16H17ClF3NOS. The average molecular weight is 364 g/mol. The molecule has 1 unspecified atom stereocenters. The lowest BCUT2D eigenvalue weighted by molar-refractivity contribution is -0.253. The number of hydrogen-bond acceptors (Lipinski definition) is 3. The molecule has 1 aromatic rings. The normalized spacial score (nSPS) is 22.0. The summed E-state index contributed by atoms with van der Waals surface area (Å²) in [5.74, 6) is -0.0100. The van der Waals surface area contributed by atoms with Crippen LogP contribution in [0.25, 0.3) is 0 Å². The van der Waals surface area contributed by atoms with E-state index in [1.54, 1.807) is 17.8 Å². The number of nitrogens with zero attached hydrogens (tertiary/aromatic N) is 1. The molecule has 0 N–H and O–H groups in total. The number of benzene rings is 1. The van der Waals surface area contributed by atoms with E-state index >= 15 is 0 Å². The quantitative estimate of drug-likeness (QED) is 0.410. The van der Waals surface area contributed by atoms with Crippen LogP contribution in [0.15, 0.2) is 39.9 Å². The topological polar surface area (TPSA) is 21.6 Å². The number of alkyl halides is 4. The van der Waals surface area contributed by atoms with Crippen molar-refractivity contribution in [1.29, 1.82) is 0 Å². The van der Waals surface area contributed by atoms with Gasteiger partial charge in [0, 0.05) is 17.2 Å². The first-order chi connectivity index (χ1) is 10.7. The largest absolute Gasteiger partial charge is 0.435 e. The first-order valence-electron chi connectivity index (χ1n) is 6.95. The maximum atomic E-state index is 13.6. The van der Waals surface area contributed by atoms with E-state index in [1.165, 1.54) is 13.0 Å². The minimum atomic E-state index is -4.57. The maximum absolute atomic E-state index is 13.6. The zero-order valence-corrected chi connectivity index (χ0v) is 14.6. The molecule has 0 amide bonds. The Bertz CT molecular complexity index is 657. The molecule has 1 heterocycles. The molecular weight excluding hydrogens is 347 g/mol. The molecule has 0 fully saturated rings. The third kappa shape index (κ3) is 3.38. The molecule has 0 saturated heterocycles. The van der Waals surface area contributed by atoms with Crippen molar-refractivity contribution in [2.24, 2.45) is 5.16 Å². The third-order valence-corrected chi connectivity index (χ3v) is 4.99. The summed E-state index contributed by atoms with van der Waals surface area (Å²) in [6, 6.07) is 5.49. The summed E-state index contributed by atoms with van der Waals surface area (Å²) in [4.78, 5) is 5.99. The molecule has 7 heteroatoms. The van der Waals surface area contributed by atoms with Crippen LogP contribution in [0.4, 0.5) is 13.2 Å². The van der Waals surface area contributed by atoms with Crippen LogP contribution in [0, 0.1) is 6.92 Å². The molecule has 1 aromatic carbocycles. The van der Waals surface area contributed by atoms with Crippen molar-refractivity contribution in [3.05, 3.63) is 41.0 Å². The van der Waals surface area contributed by atoms with Crippen LogP contribution in [-0.4, -0.2) is 29.6 Å². The number of oxime groups is 1. The molecule has 2 nitrogen and oxygen atoms in total. The van der Waals surface area contributed by atoms with E-state index in [-0.39, 0.29) is 17.9 Å². The Kier molecular flexibility index (Phi) is 5.36. The molecule has 0 aromatic heterocycles. The molecule has 0 saturated carbocycles. The van der Waals surface area contributed by atoms with Gasteiger partial charge >= 0.3 is 6.18 Å². The van der Waals surface area contributed by atoms with Gasteiger partial charge in [0.2, 0.25) is 0 Å². The van der Waals surface area contributed by atoms with E-state index in [2.05, 4.69) is 5.16 Å². The van der Waals surface area contributed by atoms with Crippen LogP contribution in [0.5, 0.6) is 0 Å². The van der Waals surface area contributed by atoms with Crippen molar-refractivity contribution in [1.82, 2.24) is 0 Å². The second kappa shape index (κ2) is 6.77. The highest BCUT2D eigenvalue weighted by molar-refractivity contribution is 7.98. The summed E-state index contributed by atoms with van der Waals surface area (Å²) in [5.41, 5.74) is -0.472. The van der Waals surface area contributed by atoms with Crippen LogP contribution in [-0.2, 0) is 4.84 Å². The van der Waals surface area contributed by atoms with Gasteiger partial charge in [0.05, 0.1) is 5.71 Å². The summed E-state index contributed by atoms with van der Waals surface area (Å²) in [5, 5.41) is 3.73. The van der Waals surface area contributed by atoms with Crippen molar-refractivity contribution in [2.45, 2.75) is 36.9 Å². The van der Waals surface area contributed by atoms with Crippen molar-refractivity contribution < 1.29 is 18.0 Å². The SMILES string of the molecule is CSc1ccc(C2=NOC(C(C)=CCCl)(C(F)(F)F)C2)cc1C. The molecule has 1 aliphatic rings. The highest BCUT2D eigenvalue weighted by atomic mass is 35.5. The zero-order chi connectivity index (χ0) is 17.3. The summed E-state index contributed by atoms with van der Waals surface area (Å²) >= 11 is 7.14. The van der Waals surface area contributed by atoms with E-state index in [1.807, 2.05) is 25.3 Å². The Labute approximate surface area is 142 Å². The zero-order valence-electron chi connectivity index (χ0n) is 13.0. The number of thioether (sulfide) groups is 1.